The molecule has 0 fully saturated rings. The molecule has 0 aliphatic carbocycles. The standard InChI is InChI=1S/C9H12OS/c1-11(2,10)8-9-6-4-3-5-7-9/h3-7H,1,8H2,2H3. The molecule has 0 aliphatic rings. The minimum atomic E-state index is -1.88. The van der Waals surface area contributed by atoms with Gasteiger partial charge in [-0.05, 0) is 21.0 Å². The lowest BCUT2D eigenvalue weighted by Crippen LogP contribution is -1.99. The van der Waals surface area contributed by atoms with Crippen molar-refractivity contribution in [1.29, 1.82) is 0 Å². The molecule has 0 N–H and O–H groups in total. The molecule has 1 rings (SSSR count). The summed E-state index contributed by atoms with van der Waals surface area (Å²) in [6.45, 7) is 0. The summed E-state index contributed by atoms with van der Waals surface area (Å²) in [4.78, 5) is 0. The Balaban J connectivity index is 2.82. The predicted molar refractivity (Wildman–Crippen MR) is 51.3 cm³/mol. The van der Waals surface area contributed by atoms with E-state index in [0.29, 0.717) is 5.75 Å². The third-order valence-corrected chi connectivity index (χ3v) is 2.26. The Morgan fingerprint density at radius 3 is 2.36 bits per heavy atom. The molecule has 0 radical (unpaired) electrons. The van der Waals surface area contributed by atoms with Crippen molar-refractivity contribution in [2.45, 2.75) is 5.75 Å². The lowest BCUT2D eigenvalue weighted by atomic mass is 10.2. The Morgan fingerprint density at radius 1 is 1.36 bits per heavy atom. The summed E-state index contributed by atoms with van der Waals surface area (Å²) in [5.41, 5.74) is 1.09. The molecular weight excluding hydrogens is 156 g/mol. The first-order chi connectivity index (χ1) is 5.08. The molecule has 0 bridgehead atoms. The molecule has 0 aromatic heterocycles. The zero-order valence-electron chi connectivity index (χ0n) is 6.62. The van der Waals surface area contributed by atoms with Crippen molar-refractivity contribution < 1.29 is 4.21 Å². The fraction of sp³-hybridized carbons (Fsp3) is 0.222. The van der Waals surface area contributed by atoms with Crippen LogP contribution < -0.4 is 0 Å². The largest absolute Gasteiger partial charge is 0.268 e. The second-order valence-corrected chi connectivity index (χ2v) is 5.47. The molecule has 1 aromatic rings. The zero-order chi connectivity index (χ0) is 8.32. The van der Waals surface area contributed by atoms with Gasteiger partial charge in [0.05, 0.1) is 0 Å². The second-order valence-electron chi connectivity index (χ2n) is 2.81. The van der Waals surface area contributed by atoms with Crippen LogP contribution in [0, 0.1) is 0 Å². The van der Waals surface area contributed by atoms with Crippen molar-refractivity contribution in [2.75, 3.05) is 6.26 Å². The van der Waals surface area contributed by atoms with Crippen molar-refractivity contribution >= 4 is 15.4 Å². The van der Waals surface area contributed by atoms with Crippen LogP contribution in [0.3, 0.4) is 0 Å². The molecule has 1 unspecified atom stereocenters. The maximum atomic E-state index is 11.2. The average Bonchev–Trinajstić information content (AvgIpc) is 1.85. The summed E-state index contributed by atoms with van der Waals surface area (Å²) < 4.78 is 11.2. The van der Waals surface area contributed by atoms with Crippen LogP contribution in [0.2, 0.25) is 0 Å². The first-order valence-corrected chi connectivity index (χ1v) is 5.72. The zero-order valence-corrected chi connectivity index (χ0v) is 7.43. The van der Waals surface area contributed by atoms with Gasteiger partial charge < -0.3 is 0 Å². The molecule has 0 amide bonds. The normalized spacial score (nSPS) is 15.7. The molecule has 0 heterocycles. The van der Waals surface area contributed by atoms with E-state index >= 15 is 0 Å². The number of hydrogen-bond acceptors (Lipinski definition) is 1. The second kappa shape index (κ2) is 3.09. The van der Waals surface area contributed by atoms with Crippen LogP contribution in [0.5, 0.6) is 0 Å². The van der Waals surface area contributed by atoms with Gasteiger partial charge in [-0.2, -0.15) is 0 Å². The van der Waals surface area contributed by atoms with Gasteiger partial charge in [0.2, 0.25) is 0 Å². The minimum absolute atomic E-state index is 0.577. The number of hydrogen-bond donors (Lipinski definition) is 0. The highest BCUT2D eigenvalue weighted by Gasteiger charge is 1.96. The number of rotatable bonds is 2. The van der Waals surface area contributed by atoms with E-state index in [1.807, 2.05) is 30.3 Å². The first-order valence-electron chi connectivity index (χ1n) is 3.42. The van der Waals surface area contributed by atoms with E-state index in [2.05, 4.69) is 5.87 Å². The first kappa shape index (κ1) is 8.34. The van der Waals surface area contributed by atoms with E-state index in [1.165, 1.54) is 0 Å². The van der Waals surface area contributed by atoms with Crippen LogP contribution in [-0.4, -0.2) is 16.3 Å². The van der Waals surface area contributed by atoms with Crippen LogP contribution in [-0.2, 0) is 15.3 Å². The molecule has 1 atom stereocenters. The average molecular weight is 168 g/mol. The van der Waals surface area contributed by atoms with Crippen molar-refractivity contribution in [1.82, 2.24) is 0 Å². The summed E-state index contributed by atoms with van der Waals surface area (Å²) in [6, 6.07) is 9.77. The smallest absolute Gasteiger partial charge is 0.0407 e. The van der Waals surface area contributed by atoms with Crippen molar-refractivity contribution in [3.8, 4) is 0 Å². The molecule has 1 nitrogen and oxygen atoms in total. The fourth-order valence-corrected chi connectivity index (χ4v) is 1.82. The highest BCUT2D eigenvalue weighted by Crippen LogP contribution is 2.02. The monoisotopic (exact) mass is 168 g/mol. The van der Waals surface area contributed by atoms with E-state index in [9.17, 15) is 4.21 Å². The lowest BCUT2D eigenvalue weighted by Gasteiger charge is -2.00. The third-order valence-electron chi connectivity index (χ3n) is 1.31. The summed E-state index contributed by atoms with van der Waals surface area (Å²) in [6.07, 6.45) is 1.68. The van der Waals surface area contributed by atoms with Crippen molar-refractivity contribution in [2.24, 2.45) is 0 Å². The van der Waals surface area contributed by atoms with Gasteiger partial charge in [-0.3, -0.25) is 4.21 Å². The molecule has 0 aliphatic heterocycles. The van der Waals surface area contributed by atoms with Gasteiger partial charge in [0.1, 0.15) is 0 Å². The Hall–Kier alpha value is -0.760. The Morgan fingerprint density at radius 2 is 1.91 bits per heavy atom. The highest BCUT2D eigenvalue weighted by atomic mass is 32.2. The molecule has 11 heavy (non-hydrogen) atoms. The van der Waals surface area contributed by atoms with E-state index in [-0.39, 0.29) is 0 Å². The van der Waals surface area contributed by atoms with Gasteiger partial charge in [-0.1, -0.05) is 30.3 Å². The van der Waals surface area contributed by atoms with Gasteiger partial charge in [-0.15, -0.1) is 0 Å². The van der Waals surface area contributed by atoms with E-state index in [0.717, 1.165) is 5.56 Å². The molecule has 1 aromatic carbocycles. The summed E-state index contributed by atoms with van der Waals surface area (Å²) in [5.74, 6) is 4.17. The van der Waals surface area contributed by atoms with E-state index < -0.39 is 9.52 Å². The quantitative estimate of drug-likeness (QED) is 0.612. The van der Waals surface area contributed by atoms with Gasteiger partial charge in [0, 0.05) is 12.0 Å². The topological polar surface area (TPSA) is 17.1 Å². The molecule has 2 heteroatoms. The van der Waals surface area contributed by atoms with Gasteiger partial charge in [0.15, 0.2) is 0 Å². The maximum absolute atomic E-state index is 11.2. The minimum Gasteiger partial charge on any atom is -0.268 e. The molecular formula is C9H12OS. The van der Waals surface area contributed by atoms with Crippen LogP contribution >= 0.6 is 0 Å². The SMILES string of the molecule is C=S(C)(=O)Cc1ccccc1. The Kier molecular flexibility index (Phi) is 2.35. The van der Waals surface area contributed by atoms with E-state index in [4.69, 9.17) is 0 Å². The lowest BCUT2D eigenvalue weighted by molar-refractivity contribution is 0.684. The summed E-state index contributed by atoms with van der Waals surface area (Å²) in [5, 5.41) is 0. The Labute approximate surface area is 68.1 Å². The summed E-state index contributed by atoms with van der Waals surface area (Å²) in [7, 11) is -1.88. The Bertz CT molecular complexity index is 311. The van der Waals surface area contributed by atoms with Crippen molar-refractivity contribution in [3.63, 3.8) is 0 Å². The van der Waals surface area contributed by atoms with Crippen molar-refractivity contribution in [3.05, 3.63) is 35.9 Å². The van der Waals surface area contributed by atoms with Crippen LogP contribution in [0.4, 0.5) is 0 Å². The maximum Gasteiger partial charge on any atom is 0.0407 e. The number of benzene rings is 1. The molecule has 0 saturated carbocycles. The van der Waals surface area contributed by atoms with Crippen LogP contribution in [0.1, 0.15) is 5.56 Å². The summed E-state index contributed by atoms with van der Waals surface area (Å²) >= 11 is 0. The fourth-order valence-electron chi connectivity index (χ4n) is 0.927. The van der Waals surface area contributed by atoms with Gasteiger partial charge >= 0.3 is 0 Å². The van der Waals surface area contributed by atoms with Crippen LogP contribution in [0.15, 0.2) is 30.3 Å². The predicted octanol–water partition coefficient (Wildman–Crippen LogP) is 1.53. The molecule has 0 spiro atoms. The third kappa shape index (κ3) is 3.23. The van der Waals surface area contributed by atoms with E-state index in [1.54, 1.807) is 6.26 Å². The van der Waals surface area contributed by atoms with Crippen LogP contribution in [0.25, 0.3) is 0 Å². The van der Waals surface area contributed by atoms with Gasteiger partial charge in [0.25, 0.3) is 0 Å². The highest BCUT2D eigenvalue weighted by molar-refractivity contribution is 7.98. The molecule has 60 valence electrons. The van der Waals surface area contributed by atoms with Gasteiger partial charge in [-0.25, -0.2) is 0 Å². The molecule has 0 saturated heterocycles.